The molecule has 0 amide bonds. The first kappa shape index (κ1) is 21.0. The Kier molecular flexibility index (Phi) is 6.24. The highest BCUT2D eigenvalue weighted by molar-refractivity contribution is 7.80. The second kappa shape index (κ2) is 9.23. The van der Waals surface area contributed by atoms with Crippen LogP contribution in [-0.4, -0.2) is 44.7 Å². The Morgan fingerprint density at radius 3 is 2.68 bits per heavy atom. The van der Waals surface area contributed by atoms with E-state index in [-0.39, 0.29) is 17.8 Å². The number of methoxy groups -OCH3 is 1. The van der Waals surface area contributed by atoms with Crippen LogP contribution in [0.5, 0.6) is 0 Å². The van der Waals surface area contributed by atoms with Crippen LogP contribution in [0.3, 0.4) is 0 Å². The van der Waals surface area contributed by atoms with Gasteiger partial charge in [0.05, 0.1) is 22.7 Å². The van der Waals surface area contributed by atoms with E-state index in [1.165, 1.54) is 12.1 Å². The van der Waals surface area contributed by atoms with Gasteiger partial charge in [-0.2, -0.15) is 0 Å². The van der Waals surface area contributed by atoms with Crippen molar-refractivity contribution in [1.29, 1.82) is 0 Å². The van der Waals surface area contributed by atoms with Gasteiger partial charge in [0.2, 0.25) is 0 Å². The number of benzene rings is 1. The molecule has 0 spiro atoms. The highest BCUT2D eigenvalue weighted by Crippen LogP contribution is 2.39. The summed E-state index contributed by atoms with van der Waals surface area (Å²) in [5.74, 6) is 0. The smallest absolute Gasteiger partial charge is 0.269 e. The van der Waals surface area contributed by atoms with Crippen LogP contribution in [0.1, 0.15) is 29.9 Å². The first-order chi connectivity index (χ1) is 15.1. The fourth-order valence-corrected chi connectivity index (χ4v) is 4.28. The molecule has 1 aliphatic rings. The number of nitrogens with zero attached hydrogens (tertiary/aromatic N) is 4. The molecule has 3 heterocycles. The third-order valence-corrected chi connectivity index (χ3v) is 5.72. The number of thiocarbonyl (C=S) groups is 1. The summed E-state index contributed by atoms with van der Waals surface area (Å²) < 4.78 is 7.28. The molecule has 2 aromatic heterocycles. The summed E-state index contributed by atoms with van der Waals surface area (Å²) in [5, 5.41) is 15.1. The number of rotatable bonds is 8. The Hall–Kier alpha value is -3.30. The molecule has 1 fully saturated rings. The standard InChI is InChI=1S/C22H23N5O3S/c1-30-15-5-14-26-21(20(24-22(26)31)18-6-2-3-12-23-18)19-7-4-13-25(19)16-8-10-17(11-9-16)27(28)29/h2-4,6-13,20-21H,5,14-15H2,1H3,(H,24,31). The van der Waals surface area contributed by atoms with Gasteiger partial charge in [-0.1, -0.05) is 6.07 Å². The zero-order valence-corrected chi connectivity index (χ0v) is 17.9. The van der Waals surface area contributed by atoms with Crippen molar-refractivity contribution in [3.63, 3.8) is 0 Å². The van der Waals surface area contributed by atoms with Crippen LogP contribution in [-0.2, 0) is 4.74 Å². The summed E-state index contributed by atoms with van der Waals surface area (Å²) in [6, 6.07) is 16.2. The number of nitro groups is 1. The summed E-state index contributed by atoms with van der Waals surface area (Å²) in [4.78, 5) is 17.4. The molecular formula is C22H23N5O3S. The molecule has 0 saturated carbocycles. The zero-order chi connectivity index (χ0) is 21.8. The van der Waals surface area contributed by atoms with E-state index in [1.54, 1.807) is 25.4 Å². The molecule has 0 radical (unpaired) electrons. The molecule has 0 bridgehead atoms. The minimum Gasteiger partial charge on any atom is -0.385 e. The number of hydrogen-bond donors (Lipinski definition) is 1. The van der Waals surface area contributed by atoms with E-state index >= 15 is 0 Å². The monoisotopic (exact) mass is 437 g/mol. The van der Waals surface area contributed by atoms with Crippen molar-refractivity contribution in [2.45, 2.75) is 18.5 Å². The maximum absolute atomic E-state index is 11.0. The third kappa shape index (κ3) is 4.28. The summed E-state index contributed by atoms with van der Waals surface area (Å²) in [5.41, 5.74) is 2.84. The van der Waals surface area contributed by atoms with Crippen molar-refractivity contribution in [3.05, 3.63) is 88.5 Å². The lowest BCUT2D eigenvalue weighted by molar-refractivity contribution is -0.384. The fraction of sp³-hybridized carbons (Fsp3) is 0.273. The molecule has 2 atom stereocenters. The van der Waals surface area contributed by atoms with E-state index in [9.17, 15) is 10.1 Å². The van der Waals surface area contributed by atoms with E-state index in [2.05, 4.69) is 21.3 Å². The quantitative estimate of drug-likeness (QED) is 0.248. The van der Waals surface area contributed by atoms with Crippen LogP contribution >= 0.6 is 12.2 Å². The molecule has 1 N–H and O–H groups in total. The number of ether oxygens (including phenoxy) is 1. The summed E-state index contributed by atoms with van der Waals surface area (Å²) in [7, 11) is 1.69. The molecule has 160 valence electrons. The van der Waals surface area contributed by atoms with Crippen molar-refractivity contribution in [1.82, 2.24) is 19.8 Å². The Morgan fingerprint density at radius 1 is 1.19 bits per heavy atom. The van der Waals surface area contributed by atoms with E-state index in [0.717, 1.165) is 30.0 Å². The van der Waals surface area contributed by atoms with Gasteiger partial charge in [0.15, 0.2) is 5.11 Å². The van der Waals surface area contributed by atoms with Gasteiger partial charge in [-0.3, -0.25) is 15.1 Å². The van der Waals surface area contributed by atoms with Gasteiger partial charge in [-0.05, 0) is 55.0 Å². The number of nitro benzene ring substituents is 1. The number of non-ortho nitro benzene ring substituents is 1. The number of pyridine rings is 1. The number of nitrogens with one attached hydrogen (secondary N) is 1. The van der Waals surface area contributed by atoms with Crippen molar-refractivity contribution >= 4 is 23.0 Å². The SMILES string of the molecule is COCCCN1C(=S)NC(c2ccccn2)C1c1cccn1-c1ccc([N+](=O)[O-])cc1. The molecule has 31 heavy (non-hydrogen) atoms. The van der Waals surface area contributed by atoms with E-state index in [4.69, 9.17) is 17.0 Å². The van der Waals surface area contributed by atoms with Gasteiger partial charge in [0.1, 0.15) is 0 Å². The molecule has 4 rings (SSSR count). The van der Waals surface area contributed by atoms with Gasteiger partial charge in [0.25, 0.3) is 5.69 Å². The normalized spacial score (nSPS) is 18.2. The van der Waals surface area contributed by atoms with Crippen LogP contribution in [0.15, 0.2) is 67.0 Å². The van der Waals surface area contributed by atoms with Crippen molar-refractivity contribution in [2.24, 2.45) is 0 Å². The molecular weight excluding hydrogens is 414 g/mol. The van der Waals surface area contributed by atoms with Crippen LogP contribution in [0.4, 0.5) is 5.69 Å². The Morgan fingerprint density at radius 2 is 2.00 bits per heavy atom. The van der Waals surface area contributed by atoms with E-state index in [1.807, 2.05) is 35.0 Å². The second-order valence-corrected chi connectivity index (χ2v) is 7.63. The van der Waals surface area contributed by atoms with Gasteiger partial charge in [-0.15, -0.1) is 0 Å². The third-order valence-electron chi connectivity index (χ3n) is 5.37. The van der Waals surface area contributed by atoms with Crippen molar-refractivity contribution in [3.8, 4) is 5.69 Å². The van der Waals surface area contributed by atoms with Crippen molar-refractivity contribution < 1.29 is 9.66 Å². The Balaban J connectivity index is 1.74. The first-order valence-corrected chi connectivity index (χ1v) is 10.4. The molecule has 2 unspecified atom stereocenters. The highest BCUT2D eigenvalue weighted by Gasteiger charge is 2.40. The first-order valence-electron chi connectivity index (χ1n) is 9.99. The lowest BCUT2D eigenvalue weighted by Crippen LogP contribution is -2.32. The van der Waals surface area contributed by atoms with E-state index < -0.39 is 4.92 Å². The van der Waals surface area contributed by atoms with Crippen molar-refractivity contribution in [2.75, 3.05) is 20.3 Å². The van der Waals surface area contributed by atoms with Gasteiger partial charge >= 0.3 is 0 Å². The lowest BCUT2D eigenvalue weighted by Gasteiger charge is -2.29. The fourth-order valence-electron chi connectivity index (χ4n) is 3.95. The Bertz CT molecular complexity index is 1050. The Labute approximate surface area is 185 Å². The molecule has 9 heteroatoms. The molecule has 0 aliphatic carbocycles. The topological polar surface area (TPSA) is 85.5 Å². The van der Waals surface area contributed by atoms with E-state index in [0.29, 0.717) is 11.7 Å². The average Bonchev–Trinajstić information content (AvgIpc) is 3.39. The maximum Gasteiger partial charge on any atom is 0.269 e. The predicted octanol–water partition coefficient (Wildman–Crippen LogP) is 3.79. The number of hydrogen-bond acceptors (Lipinski definition) is 5. The summed E-state index contributed by atoms with van der Waals surface area (Å²) in [6.45, 7) is 1.38. The molecule has 1 saturated heterocycles. The minimum absolute atomic E-state index is 0.0636. The lowest BCUT2D eigenvalue weighted by atomic mass is 10.0. The molecule has 1 aromatic carbocycles. The van der Waals surface area contributed by atoms with Crippen LogP contribution in [0.2, 0.25) is 0 Å². The summed E-state index contributed by atoms with van der Waals surface area (Å²) >= 11 is 5.69. The molecule has 3 aromatic rings. The van der Waals surface area contributed by atoms with Gasteiger partial charge in [-0.25, -0.2) is 0 Å². The zero-order valence-electron chi connectivity index (χ0n) is 17.0. The van der Waals surface area contributed by atoms with Crippen LogP contribution in [0, 0.1) is 10.1 Å². The highest BCUT2D eigenvalue weighted by atomic mass is 32.1. The molecule has 1 aliphatic heterocycles. The predicted molar refractivity (Wildman–Crippen MR) is 121 cm³/mol. The summed E-state index contributed by atoms with van der Waals surface area (Å²) in [6.07, 6.45) is 4.57. The average molecular weight is 438 g/mol. The largest absolute Gasteiger partial charge is 0.385 e. The molecule has 8 nitrogen and oxygen atoms in total. The maximum atomic E-state index is 11.0. The second-order valence-electron chi connectivity index (χ2n) is 7.24. The number of aromatic nitrogens is 2. The van der Waals surface area contributed by atoms with Gasteiger partial charge < -0.3 is 19.5 Å². The van der Waals surface area contributed by atoms with Crippen LogP contribution in [0.25, 0.3) is 5.69 Å². The van der Waals surface area contributed by atoms with Crippen LogP contribution < -0.4 is 5.32 Å². The minimum atomic E-state index is -0.395. The van der Waals surface area contributed by atoms with Gasteiger partial charge in [0, 0.05) is 56.2 Å².